The van der Waals surface area contributed by atoms with Crippen LogP contribution in [0.15, 0.2) is 36.4 Å². The molecule has 0 saturated carbocycles. The lowest BCUT2D eigenvalue weighted by Gasteiger charge is -2.23. The van der Waals surface area contributed by atoms with Gasteiger partial charge in [0.1, 0.15) is 23.0 Å². The fourth-order valence-electron chi connectivity index (χ4n) is 2.04. The molecule has 0 radical (unpaired) electrons. The van der Waals surface area contributed by atoms with Crippen molar-refractivity contribution in [3.05, 3.63) is 59.4 Å². The topological polar surface area (TPSA) is 46.3 Å². The van der Waals surface area contributed by atoms with Crippen LogP contribution in [-0.2, 0) is 0 Å². The molecule has 2 aromatic carbocycles. The molecule has 0 aliphatic carbocycles. The van der Waals surface area contributed by atoms with E-state index in [1.54, 1.807) is 31.2 Å². The summed E-state index contributed by atoms with van der Waals surface area (Å²) in [6.45, 7) is 1.80. The zero-order valence-electron chi connectivity index (χ0n) is 11.2. The number of benzene rings is 2. The summed E-state index contributed by atoms with van der Waals surface area (Å²) in [6.07, 6.45) is 0. The molecule has 0 spiro atoms. The Kier molecular flexibility index (Phi) is 4.16. The van der Waals surface area contributed by atoms with Crippen molar-refractivity contribution in [2.24, 2.45) is 0 Å². The van der Waals surface area contributed by atoms with Crippen LogP contribution >= 0.6 is 0 Å². The molecule has 6 heteroatoms. The van der Waals surface area contributed by atoms with Crippen LogP contribution in [0.5, 0.6) is 0 Å². The highest BCUT2D eigenvalue weighted by Crippen LogP contribution is 2.26. The van der Waals surface area contributed by atoms with Crippen molar-refractivity contribution in [2.45, 2.75) is 6.92 Å². The maximum atomic E-state index is 13.7. The van der Waals surface area contributed by atoms with Crippen molar-refractivity contribution >= 4 is 17.3 Å². The third-order valence-electron chi connectivity index (χ3n) is 3.01. The molecule has 2 N–H and O–H groups in total. The summed E-state index contributed by atoms with van der Waals surface area (Å²) in [4.78, 5) is 13.5. The van der Waals surface area contributed by atoms with Crippen LogP contribution < -0.4 is 10.6 Å². The Balaban J connectivity index is 2.50. The molecule has 2 rings (SSSR count). The van der Waals surface area contributed by atoms with Gasteiger partial charge in [-0.15, -0.1) is 0 Å². The Labute approximate surface area is 119 Å². The van der Waals surface area contributed by atoms with Gasteiger partial charge in [0.05, 0.1) is 11.4 Å². The van der Waals surface area contributed by atoms with E-state index in [4.69, 9.17) is 5.73 Å². The van der Waals surface area contributed by atoms with Gasteiger partial charge in [-0.2, -0.15) is 0 Å². The summed E-state index contributed by atoms with van der Waals surface area (Å²) in [5, 5.41) is 0. The molecule has 110 valence electrons. The average Bonchev–Trinajstić information content (AvgIpc) is 2.40. The molecule has 0 unspecified atom stereocenters. The number of hydrogen-bond acceptors (Lipinski definition) is 2. The van der Waals surface area contributed by atoms with Gasteiger partial charge in [0.2, 0.25) is 0 Å². The fourth-order valence-corrected chi connectivity index (χ4v) is 2.04. The maximum Gasteiger partial charge on any atom is 0.264 e. The molecule has 0 bridgehead atoms. The summed E-state index contributed by atoms with van der Waals surface area (Å²) in [5.41, 5.74) is 5.61. The minimum Gasteiger partial charge on any atom is -0.397 e. The summed E-state index contributed by atoms with van der Waals surface area (Å²) in [5.74, 6) is -4.48. The average molecular weight is 294 g/mol. The first-order valence-corrected chi connectivity index (χ1v) is 6.26. The van der Waals surface area contributed by atoms with E-state index in [0.717, 1.165) is 4.90 Å². The van der Waals surface area contributed by atoms with Crippen molar-refractivity contribution in [2.75, 3.05) is 17.2 Å². The van der Waals surface area contributed by atoms with E-state index >= 15 is 0 Å². The van der Waals surface area contributed by atoms with Crippen LogP contribution in [0.4, 0.5) is 24.5 Å². The molecule has 21 heavy (non-hydrogen) atoms. The number of anilines is 2. The summed E-state index contributed by atoms with van der Waals surface area (Å²) in [6, 6.07) is 7.41. The molecule has 2 aromatic rings. The Bertz CT molecular complexity index is 665. The predicted molar refractivity (Wildman–Crippen MR) is 74.5 cm³/mol. The van der Waals surface area contributed by atoms with E-state index in [1.807, 2.05) is 0 Å². The Morgan fingerprint density at radius 1 is 1.14 bits per heavy atom. The van der Waals surface area contributed by atoms with Crippen molar-refractivity contribution in [1.29, 1.82) is 0 Å². The summed E-state index contributed by atoms with van der Waals surface area (Å²) < 4.78 is 40.3. The van der Waals surface area contributed by atoms with Gasteiger partial charge in [-0.3, -0.25) is 4.79 Å². The monoisotopic (exact) mass is 294 g/mol. The molecule has 0 aromatic heterocycles. The first-order chi connectivity index (χ1) is 9.95. The number of nitrogen functional groups attached to an aromatic ring is 1. The molecule has 0 saturated heterocycles. The number of carbonyl (C=O) groups is 1. The van der Waals surface area contributed by atoms with E-state index < -0.39 is 28.9 Å². The largest absolute Gasteiger partial charge is 0.397 e. The van der Waals surface area contributed by atoms with E-state index in [0.29, 0.717) is 23.5 Å². The second kappa shape index (κ2) is 5.87. The number of nitrogens with zero attached hydrogens (tertiary/aromatic N) is 1. The van der Waals surface area contributed by atoms with Crippen LogP contribution in [0.3, 0.4) is 0 Å². The smallest absolute Gasteiger partial charge is 0.264 e. The molecule has 1 amide bonds. The number of halogens is 3. The zero-order valence-corrected chi connectivity index (χ0v) is 11.2. The maximum absolute atomic E-state index is 13.7. The molecular weight excluding hydrogens is 281 g/mol. The number of hydrogen-bond donors (Lipinski definition) is 1. The lowest BCUT2D eigenvalue weighted by Crippen LogP contribution is -2.32. The van der Waals surface area contributed by atoms with Gasteiger partial charge in [0, 0.05) is 18.7 Å². The highest BCUT2D eigenvalue weighted by molar-refractivity contribution is 6.07. The number of nitrogens with two attached hydrogens (primary N) is 1. The Hall–Kier alpha value is -2.50. The van der Waals surface area contributed by atoms with Gasteiger partial charge in [-0.05, 0) is 19.1 Å². The molecule has 3 nitrogen and oxygen atoms in total. The Morgan fingerprint density at radius 2 is 1.71 bits per heavy atom. The lowest BCUT2D eigenvalue weighted by atomic mass is 10.1. The van der Waals surface area contributed by atoms with Crippen molar-refractivity contribution in [1.82, 2.24) is 0 Å². The highest BCUT2D eigenvalue weighted by Gasteiger charge is 2.25. The third kappa shape index (κ3) is 2.84. The molecule has 0 fully saturated rings. The molecule has 0 aliphatic heterocycles. The quantitative estimate of drug-likeness (QED) is 0.882. The standard InChI is InChI=1S/C15H13F3N2O/c1-2-20(13-6-4-3-5-12(13)19)15(21)14-10(17)7-9(16)8-11(14)18/h3-8H,2,19H2,1H3. The summed E-state index contributed by atoms with van der Waals surface area (Å²) in [7, 11) is 0. The van der Waals surface area contributed by atoms with Crippen LogP contribution in [-0.4, -0.2) is 12.5 Å². The van der Waals surface area contributed by atoms with Crippen molar-refractivity contribution in [3.63, 3.8) is 0 Å². The number of amides is 1. The van der Waals surface area contributed by atoms with Crippen molar-refractivity contribution in [3.8, 4) is 0 Å². The lowest BCUT2D eigenvalue weighted by molar-refractivity contribution is 0.0980. The van der Waals surface area contributed by atoms with E-state index in [-0.39, 0.29) is 6.54 Å². The predicted octanol–water partition coefficient (Wildman–Crippen LogP) is 3.35. The van der Waals surface area contributed by atoms with Crippen molar-refractivity contribution < 1.29 is 18.0 Å². The number of rotatable bonds is 3. The summed E-state index contributed by atoms with van der Waals surface area (Å²) >= 11 is 0. The molecule has 0 atom stereocenters. The zero-order chi connectivity index (χ0) is 15.6. The number of para-hydroxylation sites is 2. The van der Waals surface area contributed by atoms with E-state index in [1.165, 1.54) is 0 Å². The second-order valence-electron chi connectivity index (χ2n) is 4.35. The van der Waals surface area contributed by atoms with E-state index in [2.05, 4.69) is 0 Å². The van der Waals surface area contributed by atoms with Gasteiger partial charge in [0.15, 0.2) is 0 Å². The molecular formula is C15H13F3N2O. The van der Waals surface area contributed by atoms with Crippen LogP contribution in [0.25, 0.3) is 0 Å². The van der Waals surface area contributed by atoms with E-state index in [9.17, 15) is 18.0 Å². The fraction of sp³-hybridized carbons (Fsp3) is 0.133. The van der Waals surface area contributed by atoms with Crippen LogP contribution in [0.1, 0.15) is 17.3 Å². The SMILES string of the molecule is CCN(C(=O)c1c(F)cc(F)cc1F)c1ccccc1N. The molecule has 0 aliphatic rings. The molecule has 0 heterocycles. The Morgan fingerprint density at radius 3 is 2.24 bits per heavy atom. The highest BCUT2D eigenvalue weighted by atomic mass is 19.1. The number of carbonyl (C=O) groups excluding carboxylic acids is 1. The van der Waals surface area contributed by atoms with Gasteiger partial charge in [-0.25, -0.2) is 13.2 Å². The minimum absolute atomic E-state index is 0.156. The van der Waals surface area contributed by atoms with Crippen LogP contribution in [0, 0.1) is 17.5 Å². The van der Waals surface area contributed by atoms with Gasteiger partial charge >= 0.3 is 0 Å². The van der Waals surface area contributed by atoms with Gasteiger partial charge in [0.25, 0.3) is 5.91 Å². The van der Waals surface area contributed by atoms with Gasteiger partial charge < -0.3 is 10.6 Å². The third-order valence-corrected chi connectivity index (χ3v) is 3.01. The second-order valence-corrected chi connectivity index (χ2v) is 4.35. The van der Waals surface area contributed by atoms with Crippen LogP contribution in [0.2, 0.25) is 0 Å². The minimum atomic E-state index is -1.24. The first kappa shape index (κ1) is 14.9. The normalized spacial score (nSPS) is 10.5. The van der Waals surface area contributed by atoms with Gasteiger partial charge in [-0.1, -0.05) is 12.1 Å². The first-order valence-electron chi connectivity index (χ1n) is 6.26.